The first-order valence-electron chi connectivity index (χ1n) is 10.7. The van der Waals surface area contributed by atoms with Crippen LogP contribution in [0.3, 0.4) is 0 Å². The number of anilines is 1. The molecule has 2 aromatic rings. The van der Waals surface area contributed by atoms with Crippen molar-refractivity contribution in [1.82, 2.24) is 10.6 Å². The largest absolute Gasteiger partial charge is 0.378 e. The lowest BCUT2D eigenvalue weighted by atomic mass is 9.92. The number of nitrogens with zero attached hydrogens (tertiary/aromatic N) is 1. The molecule has 0 radical (unpaired) electrons. The van der Waals surface area contributed by atoms with E-state index in [9.17, 15) is 18.4 Å². The summed E-state index contributed by atoms with van der Waals surface area (Å²) in [6.45, 7) is 1.80. The SMILES string of the molecule is CC(=O)N[C@H]1C[C@@H](CCNC(=O)c2ccc(N(C)C)cc2)O[C@@H](c2cc(F)cc(F)c2)C1. The number of halogens is 2. The highest BCUT2D eigenvalue weighted by Gasteiger charge is 2.31. The molecule has 0 bridgehead atoms. The molecule has 2 amide bonds. The van der Waals surface area contributed by atoms with Gasteiger partial charge in [-0.2, -0.15) is 0 Å². The Hall–Kier alpha value is -3.00. The number of benzene rings is 2. The Morgan fingerprint density at radius 2 is 1.72 bits per heavy atom. The second-order valence-corrected chi connectivity index (χ2v) is 8.30. The molecule has 0 saturated carbocycles. The van der Waals surface area contributed by atoms with Gasteiger partial charge in [-0.3, -0.25) is 9.59 Å². The van der Waals surface area contributed by atoms with Crippen molar-refractivity contribution in [3.63, 3.8) is 0 Å². The van der Waals surface area contributed by atoms with Gasteiger partial charge in [0.2, 0.25) is 5.91 Å². The van der Waals surface area contributed by atoms with Gasteiger partial charge in [-0.15, -0.1) is 0 Å². The van der Waals surface area contributed by atoms with E-state index in [0.717, 1.165) is 11.8 Å². The number of amides is 2. The van der Waals surface area contributed by atoms with E-state index < -0.39 is 17.7 Å². The van der Waals surface area contributed by atoms with Gasteiger partial charge in [-0.25, -0.2) is 8.78 Å². The van der Waals surface area contributed by atoms with E-state index in [0.29, 0.717) is 36.9 Å². The number of nitrogens with one attached hydrogen (secondary N) is 2. The van der Waals surface area contributed by atoms with Crippen LogP contribution in [0.1, 0.15) is 48.2 Å². The van der Waals surface area contributed by atoms with Gasteiger partial charge in [0.15, 0.2) is 0 Å². The van der Waals surface area contributed by atoms with E-state index in [1.807, 2.05) is 31.1 Å². The van der Waals surface area contributed by atoms with Crippen LogP contribution < -0.4 is 15.5 Å². The predicted molar refractivity (Wildman–Crippen MR) is 119 cm³/mol. The molecule has 3 rings (SSSR count). The minimum Gasteiger partial charge on any atom is -0.378 e. The lowest BCUT2D eigenvalue weighted by molar-refractivity contribution is -0.122. The molecule has 1 aliphatic heterocycles. The Morgan fingerprint density at radius 1 is 1.06 bits per heavy atom. The van der Waals surface area contributed by atoms with Gasteiger partial charge in [0, 0.05) is 50.9 Å². The fraction of sp³-hybridized carbons (Fsp3) is 0.417. The highest BCUT2D eigenvalue weighted by Crippen LogP contribution is 2.33. The fourth-order valence-electron chi connectivity index (χ4n) is 3.94. The average Bonchev–Trinajstić information content (AvgIpc) is 2.72. The van der Waals surface area contributed by atoms with E-state index >= 15 is 0 Å². The molecule has 1 aliphatic rings. The van der Waals surface area contributed by atoms with Crippen LogP contribution in [-0.2, 0) is 9.53 Å². The summed E-state index contributed by atoms with van der Waals surface area (Å²) >= 11 is 0. The summed E-state index contributed by atoms with van der Waals surface area (Å²) in [5.41, 5.74) is 1.96. The molecule has 3 atom stereocenters. The number of rotatable bonds is 7. The molecule has 6 nitrogen and oxygen atoms in total. The van der Waals surface area contributed by atoms with E-state index in [4.69, 9.17) is 4.74 Å². The van der Waals surface area contributed by atoms with Gasteiger partial charge in [-0.1, -0.05) is 0 Å². The summed E-state index contributed by atoms with van der Waals surface area (Å²) in [6, 6.07) is 10.4. The maximum absolute atomic E-state index is 13.7. The lowest BCUT2D eigenvalue weighted by Gasteiger charge is -2.36. The summed E-state index contributed by atoms with van der Waals surface area (Å²) < 4.78 is 33.5. The van der Waals surface area contributed by atoms with Gasteiger partial charge in [0.1, 0.15) is 11.6 Å². The monoisotopic (exact) mass is 445 g/mol. The zero-order valence-electron chi connectivity index (χ0n) is 18.5. The quantitative estimate of drug-likeness (QED) is 0.684. The lowest BCUT2D eigenvalue weighted by Crippen LogP contribution is -2.43. The molecule has 0 unspecified atom stereocenters. The topological polar surface area (TPSA) is 70.7 Å². The van der Waals surface area contributed by atoms with Crippen LogP contribution in [0.2, 0.25) is 0 Å². The molecule has 2 N–H and O–H groups in total. The van der Waals surface area contributed by atoms with E-state index in [2.05, 4.69) is 10.6 Å². The summed E-state index contributed by atoms with van der Waals surface area (Å²) in [5.74, 6) is -1.70. The number of hydrogen-bond acceptors (Lipinski definition) is 4. The standard InChI is InChI=1S/C24H29F2N3O3/c1-15(30)28-20-13-22(32-23(14-20)17-10-18(25)12-19(26)11-17)8-9-27-24(31)16-4-6-21(7-5-16)29(2)3/h4-7,10-12,20,22-23H,8-9,13-14H2,1-3H3,(H,27,31)(H,28,30)/t20-,22+,23+/m0/s1. The van der Waals surface area contributed by atoms with Crippen molar-refractivity contribution >= 4 is 17.5 Å². The number of hydrogen-bond donors (Lipinski definition) is 2. The van der Waals surface area contributed by atoms with Crippen molar-refractivity contribution in [3.8, 4) is 0 Å². The summed E-state index contributed by atoms with van der Waals surface area (Å²) in [5, 5.41) is 5.77. The van der Waals surface area contributed by atoms with Gasteiger partial charge >= 0.3 is 0 Å². The molecule has 1 heterocycles. The van der Waals surface area contributed by atoms with Gasteiger partial charge in [0.25, 0.3) is 5.91 Å². The van der Waals surface area contributed by atoms with E-state index in [1.54, 1.807) is 12.1 Å². The van der Waals surface area contributed by atoms with Crippen molar-refractivity contribution in [1.29, 1.82) is 0 Å². The first-order valence-corrected chi connectivity index (χ1v) is 10.7. The molecule has 2 aromatic carbocycles. The molecule has 0 aromatic heterocycles. The Morgan fingerprint density at radius 3 is 2.31 bits per heavy atom. The van der Waals surface area contributed by atoms with Crippen molar-refractivity contribution < 1.29 is 23.1 Å². The second kappa shape index (κ2) is 10.5. The number of ether oxygens (including phenoxy) is 1. The first kappa shape index (κ1) is 23.7. The minimum absolute atomic E-state index is 0.172. The highest BCUT2D eigenvalue weighted by molar-refractivity contribution is 5.94. The Balaban J connectivity index is 1.61. The molecule has 0 spiro atoms. The average molecular weight is 446 g/mol. The third-order valence-electron chi connectivity index (χ3n) is 5.46. The van der Waals surface area contributed by atoms with Gasteiger partial charge < -0.3 is 20.3 Å². The van der Waals surface area contributed by atoms with Crippen LogP contribution in [0, 0.1) is 11.6 Å². The zero-order valence-corrected chi connectivity index (χ0v) is 18.5. The molecule has 32 heavy (non-hydrogen) atoms. The molecule has 8 heteroatoms. The third kappa shape index (κ3) is 6.50. The van der Waals surface area contributed by atoms with Crippen LogP contribution in [0.5, 0.6) is 0 Å². The smallest absolute Gasteiger partial charge is 0.251 e. The number of carbonyl (C=O) groups is 2. The van der Waals surface area contributed by atoms with Crippen LogP contribution in [-0.4, -0.2) is 44.6 Å². The van der Waals surface area contributed by atoms with Gasteiger partial charge in [0.05, 0.1) is 12.2 Å². The highest BCUT2D eigenvalue weighted by atomic mass is 19.1. The Labute approximate surface area is 186 Å². The maximum atomic E-state index is 13.7. The van der Waals surface area contributed by atoms with Crippen molar-refractivity contribution in [3.05, 3.63) is 65.2 Å². The van der Waals surface area contributed by atoms with Crippen LogP contribution in [0.4, 0.5) is 14.5 Å². The molecular formula is C24H29F2N3O3. The number of carbonyl (C=O) groups excluding carboxylic acids is 2. The minimum atomic E-state index is -0.672. The summed E-state index contributed by atoms with van der Waals surface area (Å²) in [6.07, 6.45) is 0.648. The molecular weight excluding hydrogens is 416 g/mol. The van der Waals surface area contributed by atoms with Gasteiger partial charge in [-0.05, 0) is 61.2 Å². The van der Waals surface area contributed by atoms with E-state index in [-0.39, 0.29) is 24.0 Å². The Bertz CT molecular complexity index is 930. The molecule has 0 aliphatic carbocycles. The molecule has 172 valence electrons. The molecule has 1 saturated heterocycles. The van der Waals surface area contributed by atoms with Crippen molar-refractivity contribution in [2.75, 3.05) is 25.5 Å². The van der Waals surface area contributed by atoms with Crippen LogP contribution in [0.25, 0.3) is 0 Å². The van der Waals surface area contributed by atoms with Crippen molar-refractivity contribution in [2.24, 2.45) is 0 Å². The third-order valence-corrected chi connectivity index (χ3v) is 5.46. The van der Waals surface area contributed by atoms with Crippen LogP contribution in [0.15, 0.2) is 42.5 Å². The normalized spacial score (nSPS) is 20.5. The predicted octanol–water partition coefficient (Wildman–Crippen LogP) is 3.58. The summed E-state index contributed by atoms with van der Waals surface area (Å²) in [7, 11) is 3.86. The second-order valence-electron chi connectivity index (χ2n) is 8.30. The van der Waals surface area contributed by atoms with Crippen LogP contribution >= 0.6 is 0 Å². The zero-order chi connectivity index (χ0) is 23.3. The Kier molecular flexibility index (Phi) is 7.80. The summed E-state index contributed by atoms with van der Waals surface area (Å²) in [4.78, 5) is 25.9. The molecule has 1 fully saturated rings. The van der Waals surface area contributed by atoms with E-state index in [1.165, 1.54) is 19.1 Å². The first-order chi connectivity index (χ1) is 15.2. The fourth-order valence-corrected chi connectivity index (χ4v) is 3.94. The maximum Gasteiger partial charge on any atom is 0.251 e. The van der Waals surface area contributed by atoms with Crippen molar-refractivity contribution in [2.45, 2.75) is 44.4 Å².